The van der Waals surface area contributed by atoms with Gasteiger partial charge in [-0.25, -0.2) is 4.79 Å². The molecule has 1 unspecified atom stereocenters. The third-order valence-electron chi connectivity index (χ3n) is 9.67. The molecule has 1 aromatic rings. The fraction of sp³-hybridized carbons (Fsp3) is 0.697. The quantitative estimate of drug-likeness (QED) is 0.389. The summed E-state index contributed by atoms with van der Waals surface area (Å²) in [4.78, 5) is 55.6. The van der Waals surface area contributed by atoms with Crippen LogP contribution in [-0.2, 0) is 19.9 Å². The van der Waals surface area contributed by atoms with Gasteiger partial charge < -0.3 is 30.7 Å². The summed E-state index contributed by atoms with van der Waals surface area (Å²) in [7, 11) is 0. The molecule has 4 amide bonds. The first-order valence-corrected chi connectivity index (χ1v) is 16.1. The van der Waals surface area contributed by atoms with E-state index in [4.69, 9.17) is 20.9 Å². The van der Waals surface area contributed by atoms with Crippen molar-refractivity contribution in [3.8, 4) is 5.75 Å². The van der Waals surface area contributed by atoms with Crippen LogP contribution in [0.2, 0.25) is 0 Å². The van der Waals surface area contributed by atoms with Gasteiger partial charge in [-0.05, 0) is 96.4 Å². The van der Waals surface area contributed by atoms with Gasteiger partial charge >= 0.3 is 6.09 Å². The molecule has 4 N–H and O–H groups in total. The second-order valence-corrected chi connectivity index (χ2v) is 14.4. The first-order valence-electron chi connectivity index (χ1n) is 16.1. The van der Waals surface area contributed by atoms with Gasteiger partial charge in [-0.3, -0.25) is 19.3 Å². The van der Waals surface area contributed by atoms with E-state index in [1.54, 1.807) is 11.0 Å². The maximum atomic E-state index is 13.4. The van der Waals surface area contributed by atoms with Crippen LogP contribution < -0.4 is 16.2 Å². The lowest BCUT2D eigenvalue weighted by Gasteiger charge is -2.46. The van der Waals surface area contributed by atoms with E-state index in [9.17, 15) is 19.2 Å². The van der Waals surface area contributed by atoms with Crippen molar-refractivity contribution in [3.63, 3.8) is 0 Å². The second kappa shape index (κ2) is 12.2. The van der Waals surface area contributed by atoms with Gasteiger partial charge in [0.25, 0.3) is 5.91 Å². The highest BCUT2D eigenvalue weighted by Gasteiger charge is 2.60. The maximum absolute atomic E-state index is 13.4. The lowest BCUT2D eigenvalue weighted by atomic mass is 9.85. The van der Waals surface area contributed by atoms with Crippen molar-refractivity contribution in [2.24, 2.45) is 17.4 Å². The summed E-state index contributed by atoms with van der Waals surface area (Å²) in [6.07, 6.45) is 5.25. The Balaban J connectivity index is 1.16. The number of carbonyl (C=O) groups is 4. The lowest BCUT2D eigenvalue weighted by Crippen LogP contribution is -2.54. The first-order chi connectivity index (χ1) is 20.7. The largest absolute Gasteiger partial charge is 0.490 e. The predicted molar refractivity (Wildman–Crippen MR) is 165 cm³/mol. The summed E-state index contributed by atoms with van der Waals surface area (Å²) in [5, 5.41) is 0. The smallest absolute Gasteiger partial charge is 0.410 e. The number of ether oxygens (including phenoxy) is 2. The minimum atomic E-state index is -0.881. The monoisotopic (exact) mass is 611 g/mol. The predicted octanol–water partition coefficient (Wildman–Crippen LogP) is 3.52. The van der Waals surface area contributed by atoms with E-state index in [1.165, 1.54) is 0 Å². The Morgan fingerprint density at radius 2 is 1.75 bits per heavy atom. The van der Waals surface area contributed by atoms with Crippen molar-refractivity contribution in [1.82, 2.24) is 14.7 Å². The summed E-state index contributed by atoms with van der Waals surface area (Å²) in [5.41, 5.74) is 11.4. The van der Waals surface area contributed by atoms with Crippen LogP contribution in [-0.4, -0.2) is 88.0 Å². The fourth-order valence-electron chi connectivity index (χ4n) is 7.17. The molecule has 5 rings (SSSR count). The van der Waals surface area contributed by atoms with E-state index in [1.807, 2.05) is 37.8 Å². The van der Waals surface area contributed by atoms with Crippen molar-refractivity contribution in [2.45, 2.75) is 121 Å². The van der Waals surface area contributed by atoms with Crippen LogP contribution in [0.3, 0.4) is 0 Å². The number of rotatable bonds is 11. The van der Waals surface area contributed by atoms with Crippen molar-refractivity contribution < 1.29 is 28.7 Å². The molecule has 2 aliphatic carbocycles. The Morgan fingerprint density at radius 1 is 1.09 bits per heavy atom. The molecule has 0 bridgehead atoms. The number of hydrogen-bond donors (Lipinski definition) is 2. The van der Waals surface area contributed by atoms with Gasteiger partial charge in [0, 0.05) is 56.5 Å². The zero-order chi connectivity index (χ0) is 32.0. The van der Waals surface area contributed by atoms with Gasteiger partial charge in [0.05, 0.1) is 5.54 Å². The summed E-state index contributed by atoms with van der Waals surface area (Å²) in [6, 6.07) is 5.55. The molecule has 1 atom stereocenters. The second-order valence-electron chi connectivity index (χ2n) is 14.4. The number of nitrogens with two attached hydrogens (primary N) is 2. The number of primary amides is 2. The average Bonchev–Trinajstić information content (AvgIpc) is 3.67. The van der Waals surface area contributed by atoms with E-state index >= 15 is 0 Å². The molecule has 11 heteroatoms. The topological polar surface area (TPSA) is 148 Å². The molecule has 3 fully saturated rings. The number of amides is 4. The molecule has 2 heterocycles. The molecule has 1 spiro atoms. The van der Waals surface area contributed by atoms with E-state index in [-0.39, 0.29) is 30.9 Å². The molecule has 2 aliphatic heterocycles. The third kappa shape index (κ3) is 6.67. The SMILES string of the molecule is CC(C)N(CC1CCN(C(=O)OC(C)(C)C)CC1)C1CC(Oc2ccc3c(c2)C2(CC2)N(C(CCC(N)=O)C(N)=O)C3=O)C1. The van der Waals surface area contributed by atoms with Gasteiger partial charge in [-0.1, -0.05) is 0 Å². The van der Waals surface area contributed by atoms with Crippen molar-refractivity contribution in [3.05, 3.63) is 29.3 Å². The molecular weight excluding hydrogens is 562 g/mol. The van der Waals surface area contributed by atoms with Gasteiger partial charge in [-0.15, -0.1) is 0 Å². The Kier molecular flexibility index (Phi) is 8.90. The number of carbonyl (C=O) groups excluding carboxylic acids is 4. The zero-order valence-electron chi connectivity index (χ0n) is 26.8. The zero-order valence-corrected chi connectivity index (χ0v) is 26.8. The maximum Gasteiger partial charge on any atom is 0.410 e. The van der Waals surface area contributed by atoms with Crippen LogP contribution in [0, 0.1) is 5.92 Å². The number of benzene rings is 1. The fourth-order valence-corrected chi connectivity index (χ4v) is 7.17. The Hall–Kier alpha value is -3.34. The molecule has 1 saturated heterocycles. The number of hydrogen-bond acceptors (Lipinski definition) is 7. The van der Waals surface area contributed by atoms with Gasteiger partial charge in [0.15, 0.2) is 0 Å². The third-order valence-corrected chi connectivity index (χ3v) is 9.67. The standard InChI is InChI=1S/C33H49N5O6/c1-20(2)37(19-21-10-14-36(15-11-21)31(42)44-32(3,4)5)22-16-24(17-22)43-23-6-7-25-26(18-23)33(12-13-33)38(30(25)41)27(29(35)40)8-9-28(34)39/h6-7,18,20-22,24,27H,8-17,19H2,1-5H3,(H2,34,39)(H2,35,40). The summed E-state index contributed by atoms with van der Waals surface area (Å²) in [5.74, 6) is -0.120. The van der Waals surface area contributed by atoms with Gasteiger partial charge in [-0.2, -0.15) is 0 Å². The minimum absolute atomic E-state index is 0.0142. The van der Waals surface area contributed by atoms with Crippen LogP contribution >= 0.6 is 0 Å². The molecule has 0 radical (unpaired) electrons. The molecule has 4 aliphatic rings. The number of piperidine rings is 1. The Morgan fingerprint density at radius 3 is 2.30 bits per heavy atom. The van der Waals surface area contributed by atoms with Crippen LogP contribution in [0.15, 0.2) is 18.2 Å². The summed E-state index contributed by atoms with van der Waals surface area (Å²) in [6.45, 7) is 12.6. The van der Waals surface area contributed by atoms with Crippen LogP contribution in [0.5, 0.6) is 5.75 Å². The van der Waals surface area contributed by atoms with Crippen LogP contribution in [0.1, 0.15) is 102 Å². The first kappa shape index (κ1) is 32.1. The lowest BCUT2D eigenvalue weighted by molar-refractivity contribution is -0.124. The van der Waals surface area contributed by atoms with E-state index in [2.05, 4.69) is 18.7 Å². The summed E-state index contributed by atoms with van der Waals surface area (Å²) >= 11 is 0. The van der Waals surface area contributed by atoms with Gasteiger partial charge in [0.2, 0.25) is 11.8 Å². The van der Waals surface area contributed by atoms with Crippen molar-refractivity contribution in [1.29, 1.82) is 0 Å². The van der Waals surface area contributed by atoms with Crippen LogP contribution in [0.4, 0.5) is 4.79 Å². The highest BCUT2D eigenvalue weighted by molar-refractivity contribution is 6.03. The number of fused-ring (bicyclic) bond motifs is 2. The highest BCUT2D eigenvalue weighted by Crippen LogP contribution is 2.58. The number of likely N-dealkylation sites (tertiary alicyclic amines) is 1. The average molecular weight is 612 g/mol. The number of nitrogens with zero attached hydrogens (tertiary/aromatic N) is 3. The minimum Gasteiger partial charge on any atom is -0.490 e. The molecule has 2 saturated carbocycles. The molecule has 1 aromatic carbocycles. The molecule has 0 aromatic heterocycles. The summed E-state index contributed by atoms with van der Waals surface area (Å²) < 4.78 is 12.0. The van der Waals surface area contributed by atoms with Crippen molar-refractivity contribution >= 4 is 23.8 Å². The molecule has 44 heavy (non-hydrogen) atoms. The van der Waals surface area contributed by atoms with Gasteiger partial charge in [0.1, 0.15) is 23.5 Å². The van der Waals surface area contributed by atoms with Crippen LogP contribution in [0.25, 0.3) is 0 Å². The Bertz CT molecular complexity index is 1270. The normalized spacial score (nSPS) is 23.5. The molecular formula is C33H49N5O6. The van der Waals surface area contributed by atoms with Crippen molar-refractivity contribution in [2.75, 3.05) is 19.6 Å². The van der Waals surface area contributed by atoms with E-state index in [0.717, 1.165) is 69.5 Å². The van der Waals surface area contributed by atoms with E-state index in [0.29, 0.717) is 23.6 Å². The molecule has 242 valence electrons. The Labute approximate surface area is 260 Å². The van der Waals surface area contributed by atoms with E-state index < -0.39 is 29.0 Å². The molecule has 11 nitrogen and oxygen atoms in total. The highest BCUT2D eigenvalue weighted by atomic mass is 16.6.